The Morgan fingerprint density at radius 1 is 0.723 bits per heavy atom. The van der Waals surface area contributed by atoms with Gasteiger partial charge in [0.2, 0.25) is 17.8 Å². The fraction of sp³-hybridized carbons (Fsp3) is 0.419. The number of halogens is 4. The number of anilines is 6. The summed E-state index contributed by atoms with van der Waals surface area (Å²) in [6, 6.07) is 9.67. The molecule has 2 N–H and O–H groups in total. The number of nitrogens with zero attached hydrogens (tertiary/aromatic N) is 6. The van der Waals surface area contributed by atoms with Crippen molar-refractivity contribution in [3.8, 4) is 11.5 Å². The van der Waals surface area contributed by atoms with Crippen molar-refractivity contribution in [2.45, 2.75) is 34.0 Å². The first-order valence-corrected chi connectivity index (χ1v) is 15.0. The van der Waals surface area contributed by atoms with Gasteiger partial charge in [0.15, 0.2) is 11.5 Å². The number of aromatic nitrogens is 2. The molecule has 2 aliphatic heterocycles. The zero-order valence-electron chi connectivity index (χ0n) is 26.2. The number of alkyl halides is 4. The number of carbonyl (C=O) groups excluding carboxylic acids is 2. The van der Waals surface area contributed by atoms with Gasteiger partial charge in [-0.1, -0.05) is 0 Å². The van der Waals surface area contributed by atoms with Crippen LogP contribution in [-0.4, -0.2) is 97.2 Å². The highest BCUT2D eigenvalue weighted by molar-refractivity contribution is 5.75. The standard InChI is InChI=1S/C31H36F4N8O4/c1-19-18-36-31(38-25-7-5-23(17-27(25)47-30(34)35)43-14-10-41(11-15-43)21(3)45)39-28(19)37-24-6-4-22(16-26(24)46-29(32)33)42-12-8-40(9-13-42)20(2)44/h4-7,16-18,29-30H,8-15H2,1-3H3,(H2,36,37,38,39). The number of amides is 2. The van der Waals surface area contributed by atoms with Crippen molar-refractivity contribution in [2.75, 3.05) is 72.8 Å². The molecular formula is C31H36F4N8O4. The van der Waals surface area contributed by atoms with Gasteiger partial charge in [0.05, 0.1) is 11.4 Å². The van der Waals surface area contributed by atoms with Gasteiger partial charge < -0.3 is 39.7 Å². The van der Waals surface area contributed by atoms with Crippen LogP contribution in [0, 0.1) is 6.92 Å². The molecule has 2 aromatic carbocycles. The van der Waals surface area contributed by atoms with E-state index in [1.165, 1.54) is 32.2 Å². The molecule has 12 nitrogen and oxygen atoms in total. The molecule has 1 aromatic heterocycles. The van der Waals surface area contributed by atoms with E-state index in [2.05, 4.69) is 20.6 Å². The summed E-state index contributed by atoms with van der Waals surface area (Å²) in [6.45, 7) is 2.75. The van der Waals surface area contributed by atoms with E-state index in [4.69, 9.17) is 9.47 Å². The molecule has 0 unspecified atom stereocenters. The summed E-state index contributed by atoms with van der Waals surface area (Å²) in [7, 11) is 0. The Kier molecular flexibility index (Phi) is 10.4. The van der Waals surface area contributed by atoms with Crippen LogP contribution >= 0.6 is 0 Å². The molecule has 0 bridgehead atoms. The van der Waals surface area contributed by atoms with E-state index in [0.29, 0.717) is 69.3 Å². The SMILES string of the molecule is CC(=O)N1CCN(c2ccc(Nc3ncc(C)c(Nc4ccc(N5CCN(C(C)=O)CC5)cc4OC(F)F)n3)c(OC(F)F)c2)CC1. The van der Waals surface area contributed by atoms with E-state index in [-0.39, 0.29) is 46.5 Å². The van der Waals surface area contributed by atoms with Crippen molar-refractivity contribution in [1.29, 1.82) is 0 Å². The zero-order chi connectivity index (χ0) is 33.7. The fourth-order valence-corrected chi connectivity index (χ4v) is 5.44. The van der Waals surface area contributed by atoms with E-state index < -0.39 is 13.2 Å². The van der Waals surface area contributed by atoms with Crippen LogP contribution in [0.3, 0.4) is 0 Å². The van der Waals surface area contributed by atoms with Crippen molar-refractivity contribution in [3.63, 3.8) is 0 Å². The largest absolute Gasteiger partial charge is 0.433 e. The molecular weight excluding hydrogens is 624 g/mol. The number of piperazine rings is 2. The van der Waals surface area contributed by atoms with E-state index in [1.54, 1.807) is 41.0 Å². The number of nitrogens with one attached hydrogen (secondary N) is 2. The molecule has 47 heavy (non-hydrogen) atoms. The number of rotatable bonds is 10. The first-order valence-electron chi connectivity index (χ1n) is 15.0. The Balaban J connectivity index is 1.34. The van der Waals surface area contributed by atoms with Crippen LogP contribution in [0.15, 0.2) is 42.6 Å². The lowest BCUT2D eigenvalue weighted by Crippen LogP contribution is -2.48. The second kappa shape index (κ2) is 14.6. The predicted molar refractivity (Wildman–Crippen MR) is 168 cm³/mol. The molecule has 0 spiro atoms. The smallest absolute Gasteiger partial charge is 0.387 e. The van der Waals surface area contributed by atoms with Crippen LogP contribution in [-0.2, 0) is 9.59 Å². The molecule has 3 heterocycles. The molecule has 0 atom stereocenters. The third-order valence-electron chi connectivity index (χ3n) is 8.01. The minimum Gasteiger partial charge on any atom is -0.433 e. The van der Waals surface area contributed by atoms with Crippen molar-refractivity contribution in [2.24, 2.45) is 0 Å². The van der Waals surface area contributed by atoms with Gasteiger partial charge in [-0.3, -0.25) is 9.59 Å². The van der Waals surface area contributed by atoms with E-state index in [9.17, 15) is 27.2 Å². The summed E-state index contributed by atoms with van der Waals surface area (Å²) >= 11 is 0. The highest BCUT2D eigenvalue weighted by Gasteiger charge is 2.23. The quantitative estimate of drug-likeness (QED) is 0.294. The zero-order valence-corrected chi connectivity index (χ0v) is 26.2. The molecule has 16 heteroatoms. The van der Waals surface area contributed by atoms with Crippen molar-refractivity contribution >= 4 is 46.3 Å². The Bertz CT molecular complexity index is 1580. The Morgan fingerprint density at radius 3 is 1.60 bits per heavy atom. The summed E-state index contributed by atoms with van der Waals surface area (Å²) in [5, 5.41) is 5.94. The van der Waals surface area contributed by atoms with Crippen LogP contribution in [0.1, 0.15) is 19.4 Å². The maximum atomic E-state index is 13.4. The van der Waals surface area contributed by atoms with E-state index in [1.807, 2.05) is 9.80 Å². The van der Waals surface area contributed by atoms with Gasteiger partial charge in [0.25, 0.3) is 0 Å². The first-order chi connectivity index (χ1) is 22.5. The van der Waals surface area contributed by atoms with Gasteiger partial charge in [0.1, 0.15) is 5.82 Å². The monoisotopic (exact) mass is 660 g/mol. The summed E-state index contributed by atoms with van der Waals surface area (Å²) < 4.78 is 63.4. The molecule has 0 aliphatic carbocycles. The van der Waals surface area contributed by atoms with Gasteiger partial charge in [0, 0.05) is 101 Å². The second-order valence-corrected chi connectivity index (χ2v) is 11.1. The maximum Gasteiger partial charge on any atom is 0.387 e. The summed E-state index contributed by atoms with van der Waals surface area (Å²) in [5.41, 5.74) is 2.29. The number of hydrogen-bond acceptors (Lipinski definition) is 10. The number of benzene rings is 2. The molecule has 252 valence electrons. The van der Waals surface area contributed by atoms with Crippen molar-refractivity contribution < 1.29 is 36.6 Å². The lowest BCUT2D eigenvalue weighted by Gasteiger charge is -2.35. The summed E-state index contributed by atoms with van der Waals surface area (Å²) in [5.74, 6) is 0.0322. The van der Waals surface area contributed by atoms with Gasteiger partial charge in [-0.05, 0) is 31.2 Å². The topological polar surface area (TPSA) is 115 Å². The van der Waals surface area contributed by atoms with Gasteiger partial charge in [-0.25, -0.2) is 4.98 Å². The average Bonchev–Trinajstić information content (AvgIpc) is 3.03. The van der Waals surface area contributed by atoms with Crippen LogP contribution in [0.2, 0.25) is 0 Å². The van der Waals surface area contributed by atoms with Gasteiger partial charge in [-0.15, -0.1) is 0 Å². The summed E-state index contributed by atoms with van der Waals surface area (Å²) in [4.78, 5) is 39.5. The predicted octanol–water partition coefficient (Wildman–Crippen LogP) is 4.81. The van der Waals surface area contributed by atoms with Crippen molar-refractivity contribution in [1.82, 2.24) is 19.8 Å². The number of ether oxygens (including phenoxy) is 2. The maximum absolute atomic E-state index is 13.4. The normalized spacial score (nSPS) is 15.3. The fourth-order valence-electron chi connectivity index (χ4n) is 5.44. The van der Waals surface area contributed by atoms with Crippen LogP contribution in [0.25, 0.3) is 0 Å². The summed E-state index contributed by atoms with van der Waals surface area (Å²) in [6.07, 6.45) is 1.49. The molecule has 0 radical (unpaired) electrons. The van der Waals surface area contributed by atoms with Crippen molar-refractivity contribution in [3.05, 3.63) is 48.2 Å². The molecule has 2 saturated heterocycles. The highest BCUT2D eigenvalue weighted by atomic mass is 19.3. The number of hydrogen-bond donors (Lipinski definition) is 2. The van der Waals surface area contributed by atoms with Gasteiger partial charge >= 0.3 is 13.2 Å². The lowest BCUT2D eigenvalue weighted by molar-refractivity contribution is -0.129. The minimum atomic E-state index is -3.09. The molecule has 3 aromatic rings. The van der Waals surface area contributed by atoms with Crippen LogP contribution in [0.4, 0.5) is 52.1 Å². The van der Waals surface area contributed by atoms with Crippen LogP contribution < -0.4 is 29.9 Å². The Morgan fingerprint density at radius 2 is 1.17 bits per heavy atom. The van der Waals surface area contributed by atoms with Gasteiger partial charge in [-0.2, -0.15) is 22.5 Å². The minimum absolute atomic E-state index is 0.0181. The van der Waals surface area contributed by atoms with E-state index >= 15 is 0 Å². The third-order valence-corrected chi connectivity index (χ3v) is 8.01. The molecule has 0 saturated carbocycles. The van der Waals surface area contributed by atoms with Crippen LogP contribution in [0.5, 0.6) is 11.5 Å². The second-order valence-electron chi connectivity index (χ2n) is 11.1. The average molecular weight is 661 g/mol. The molecule has 5 rings (SSSR count). The third kappa shape index (κ3) is 8.42. The Hall–Kier alpha value is -5.02. The Labute approximate surface area is 269 Å². The lowest BCUT2D eigenvalue weighted by atomic mass is 10.2. The number of carbonyl (C=O) groups is 2. The number of aryl methyl sites for hydroxylation is 1. The van der Waals surface area contributed by atoms with E-state index in [0.717, 1.165) is 0 Å². The molecule has 2 aliphatic rings. The molecule has 2 fully saturated rings. The first kappa shape index (κ1) is 33.3. The molecule has 2 amide bonds. The highest BCUT2D eigenvalue weighted by Crippen LogP contribution is 2.36.